The number of aromatic nitrogens is 2. The van der Waals surface area contributed by atoms with Crippen molar-refractivity contribution in [2.75, 3.05) is 56.2 Å². The zero-order valence-electron chi connectivity index (χ0n) is 28.4. The molecule has 2 aromatic carbocycles. The number of aryl methyl sites for hydroxylation is 1. The molecule has 13 heteroatoms. The van der Waals surface area contributed by atoms with Gasteiger partial charge in [0.05, 0.1) is 17.8 Å². The lowest BCUT2D eigenvalue weighted by Crippen LogP contribution is -2.48. The quantitative estimate of drug-likeness (QED) is 0.263. The fourth-order valence-electron chi connectivity index (χ4n) is 7.88. The molecule has 7 rings (SSSR count). The van der Waals surface area contributed by atoms with Crippen LogP contribution >= 0.6 is 0 Å². The number of hydrogen-bond donors (Lipinski definition) is 3. The monoisotopic (exact) mass is 692 g/mol. The van der Waals surface area contributed by atoms with Gasteiger partial charge in [-0.15, -0.1) is 0 Å². The van der Waals surface area contributed by atoms with Gasteiger partial charge < -0.3 is 29.6 Å². The number of fused-ring (bicyclic) bond motifs is 1. The summed E-state index contributed by atoms with van der Waals surface area (Å²) in [5.41, 5.74) is 0.948. The number of nitrogens with one attached hydrogen (secondary N) is 3. The minimum absolute atomic E-state index is 0.0342. The molecule has 0 spiro atoms. The molecule has 0 unspecified atom stereocenters. The molecule has 1 aromatic heterocycles. The molecule has 2 amide bonds. The summed E-state index contributed by atoms with van der Waals surface area (Å²) < 4.78 is 41.7. The van der Waals surface area contributed by atoms with E-state index < -0.39 is 17.4 Å². The number of carbonyl (C=O) groups excluding carboxylic acids is 2. The van der Waals surface area contributed by atoms with Gasteiger partial charge in [-0.05, 0) is 94.5 Å². The van der Waals surface area contributed by atoms with Gasteiger partial charge in [-0.2, -0.15) is 0 Å². The maximum Gasteiger partial charge on any atom is 0.261 e. The smallest absolute Gasteiger partial charge is 0.261 e. The molecular weight excluding hydrogens is 646 g/mol. The van der Waals surface area contributed by atoms with Gasteiger partial charge in [-0.1, -0.05) is 0 Å². The van der Waals surface area contributed by atoms with Gasteiger partial charge in [-0.25, -0.2) is 13.8 Å². The topological polar surface area (TPSA) is 129 Å². The minimum Gasteiger partial charge on any atom is -0.493 e. The van der Waals surface area contributed by atoms with Crippen LogP contribution in [0.25, 0.3) is 10.9 Å². The van der Waals surface area contributed by atoms with Crippen molar-refractivity contribution >= 4 is 34.1 Å². The molecule has 0 aliphatic carbocycles. The highest BCUT2D eigenvalue weighted by molar-refractivity contribution is 6.01. The van der Waals surface area contributed by atoms with Gasteiger partial charge in [0.1, 0.15) is 34.6 Å². The number of piperidine rings is 3. The summed E-state index contributed by atoms with van der Waals surface area (Å²) in [6, 6.07) is 7.82. The van der Waals surface area contributed by atoms with Crippen molar-refractivity contribution in [2.45, 2.75) is 76.3 Å². The van der Waals surface area contributed by atoms with Crippen LogP contribution in [0.1, 0.15) is 63.6 Å². The molecular formula is C37H46F2N6O5. The number of H-pyrrole nitrogens is 1. The van der Waals surface area contributed by atoms with Crippen LogP contribution in [0.5, 0.6) is 5.75 Å². The summed E-state index contributed by atoms with van der Waals surface area (Å²) in [7, 11) is 0. The molecule has 4 saturated heterocycles. The Labute approximate surface area is 290 Å². The Balaban J connectivity index is 0.868. The number of imide groups is 1. The molecule has 3 N–H and O–H groups in total. The predicted octanol–water partition coefficient (Wildman–Crippen LogP) is 4.54. The molecule has 3 aromatic rings. The first-order chi connectivity index (χ1) is 24.3. The number of carbonyl (C=O) groups is 2. The summed E-state index contributed by atoms with van der Waals surface area (Å²) in [6.07, 6.45) is 8.04. The molecule has 1 atom stereocenters. The first-order valence-electron chi connectivity index (χ1n) is 18.1. The lowest BCUT2D eigenvalue weighted by Gasteiger charge is -2.42. The fraction of sp³-hybridized carbons (Fsp3) is 0.568. The van der Waals surface area contributed by atoms with E-state index in [4.69, 9.17) is 9.47 Å². The normalized spacial score (nSPS) is 21.8. The number of halogens is 2. The molecule has 0 radical (unpaired) electrons. The Morgan fingerprint density at radius 1 is 0.900 bits per heavy atom. The van der Waals surface area contributed by atoms with Gasteiger partial charge in [0.2, 0.25) is 11.8 Å². The second-order valence-electron chi connectivity index (χ2n) is 14.2. The van der Waals surface area contributed by atoms with Crippen LogP contribution in [0.15, 0.2) is 35.1 Å². The summed E-state index contributed by atoms with van der Waals surface area (Å²) in [6.45, 7) is 5.43. The number of aromatic amines is 1. The number of benzene rings is 2. The number of nitrogens with zero attached hydrogens (tertiary/aromatic N) is 3. The lowest BCUT2D eigenvalue weighted by atomic mass is 9.94. The van der Waals surface area contributed by atoms with Crippen LogP contribution in [-0.2, 0) is 20.7 Å². The van der Waals surface area contributed by atoms with Crippen molar-refractivity contribution in [3.63, 3.8) is 0 Å². The molecule has 268 valence electrons. The third-order valence-corrected chi connectivity index (χ3v) is 10.9. The Hall–Kier alpha value is -4.10. The highest BCUT2D eigenvalue weighted by Crippen LogP contribution is 2.30. The van der Waals surface area contributed by atoms with E-state index in [1.807, 2.05) is 0 Å². The van der Waals surface area contributed by atoms with E-state index in [0.29, 0.717) is 65.8 Å². The van der Waals surface area contributed by atoms with Crippen molar-refractivity contribution in [3.8, 4) is 5.75 Å². The van der Waals surface area contributed by atoms with Gasteiger partial charge in [0.25, 0.3) is 5.56 Å². The van der Waals surface area contributed by atoms with Crippen molar-refractivity contribution in [1.29, 1.82) is 0 Å². The highest BCUT2D eigenvalue weighted by Gasteiger charge is 2.30. The summed E-state index contributed by atoms with van der Waals surface area (Å²) in [4.78, 5) is 48.2. The van der Waals surface area contributed by atoms with Crippen molar-refractivity contribution < 1.29 is 27.8 Å². The molecule has 50 heavy (non-hydrogen) atoms. The van der Waals surface area contributed by atoms with E-state index >= 15 is 8.78 Å². The van der Waals surface area contributed by atoms with E-state index in [1.165, 1.54) is 12.1 Å². The maximum absolute atomic E-state index is 15.2. The predicted molar refractivity (Wildman–Crippen MR) is 185 cm³/mol. The number of hydrogen-bond acceptors (Lipinski definition) is 9. The number of amides is 2. The van der Waals surface area contributed by atoms with E-state index in [2.05, 4.69) is 30.4 Å². The van der Waals surface area contributed by atoms with E-state index in [9.17, 15) is 14.4 Å². The van der Waals surface area contributed by atoms with E-state index in [-0.39, 0.29) is 29.4 Å². The van der Waals surface area contributed by atoms with Gasteiger partial charge in [-0.3, -0.25) is 19.7 Å². The average Bonchev–Trinajstić information content (AvgIpc) is 3.12. The number of likely N-dealkylation sites (tertiary alicyclic amines) is 1. The largest absolute Gasteiger partial charge is 0.493 e. The molecule has 11 nitrogen and oxygen atoms in total. The van der Waals surface area contributed by atoms with Crippen molar-refractivity contribution in [1.82, 2.24) is 20.2 Å². The zero-order valence-corrected chi connectivity index (χ0v) is 28.4. The number of ether oxygens (including phenoxy) is 2. The Morgan fingerprint density at radius 3 is 2.42 bits per heavy atom. The van der Waals surface area contributed by atoms with Crippen LogP contribution < -0.4 is 25.8 Å². The summed E-state index contributed by atoms with van der Waals surface area (Å²) in [5.74, 6) is 0.235. The van der Waals surface area contributed by atoms with Crippen LogP contribution in [0.4, 0.5) is 20.2 Å². The molecule has 5 heterocycles. The van der Waals surface area contributed by atoms with Crippen LogP contribution in [0.2, 0.25) is 0 Å². The Morgan fingerprint density at radius 2 is 1.68 bits per heavy atom. The second kappa shape index (κ2) is 15.4. The highest BCUT2D eigenvalue weighted by atomic mass is 19.1. The third-order valence-electron chi connectivity index (χ3n) is 10.9. The standard InChI is InChI=1S/C37H46F2N6O5/c38-28-19-25(40-30-3-6-34(46)43-36(30)47)2-4-32(28)45-15-9-26(10-16-45)44-13-7-24(8-14-44)22-50-27-20-29(39)35-31(21-27)41-33(42-37(35)48)5-1-23-11-17-49-18-12-23/h2,4,19-21,23-24,26,30,40H,1,3,5-18,22H2,(H,41,42,48)(H,43,46,47)/t30-/m1/s1. The van der Waals surface area contributed by atoms with Crippen LogP contribution in [0, 0.1) is 23.5 Å². The average molecular weight is 693 g/mol. The molecule has 4 aliphatic heterocycles. The Bertz CT molecular complexity index is 1750. The van der Waals surface area contributed by atoms with Crippen molar-refractivity contribution in [2.24, 2.45) is 11.8 Å². The minimum atomic E-state index is -0.622. The number of rotatable bonds is 10. The first-order valence-corrected chi connectivity index (χ1v) is 18.1. The second-order valence-corrected chi connectivity index (χ2v) is 14.2. The SMILES string of the molecule is O=C1CC[C@@H](Nc2ccc(N3CCC(N4CCC(COc5cc(F)c6c(=O)[nH]c(CCC7CCOCC7)nc6c5)CC4)CC3)c(F)c2)C(=O)N1. The van der Waals surface area contributed by atoms with Gasteiger partial charge in [0.15, 0.2) is 0 Å². The maximum atomic E-state index is 15.2. The number of anilines is 2. The molecule has 4 aliphatic rings. The lowest BCUT2D eigenvalue weighted by molar-refractivity contribution is -0.133. The summed E-state index contributed by atoms with van der Waals surface area (Å²) in [5, 5.41) is 5.33. The van der Waals surface area contributed by atoms with E-state index in [1.54, 1.807) is 18.2 Å². The van der Waals surface area contributed by atoms with Gasteiger partial charge in [0, 0.05) is 63.0 Å². The van der Waals surface area contributed by atoms with Gasteiger partial charge >= 0.3 is 0 Å². The molecule has 4 fully saturated rings. The van der Waals surface area contributed by atoms with Crippen LogP contribution in [-0.4, -0.2) is 84.8 Å². The molecule has 0 bridgehead atoms. The van der Waals surface area contributed by atoms with Crippen molar-refractivity contribution in [3.05, 3.63) is 58.1 Å². The Kier molecular flexibility index (Phi) is 10.6. The zero-order chi connectivity index (χ0) is 34.6. The third kappa shape index (κ3) is 8.10. The van der Waals surface area contributed by atoms with E-state index in [0.717, 1.165) is 84.3 Å². The van der Waals surface area contributed by atoms with Crippen LogP contribution in [0.3, 0.4) is 0 Å². The first kappa shape index (κ1) is 34.4. The fourth-order valence-corrected chi connectivity index (χ4v) is 7.88. The summed E-state index contributed by atoms with van der Waals surface area (Å²) >= 11 is 0. The molecule has 0 saturated carbocycles.